The number of hydrogen-bond acceptors (Lipinski definition) is 4. The maximum atomic E-state index is 12.8. The van der Waals surface area contributed by atoms with Crippen LogP contribution in [0.4, 0.5) is 0 Å². The van der Waals surface area contributed by atoms with Crippen molar-refractivity contribution in [2.75, 3.05) is 0 Å². The number of thioether (sulfide) groups is 1. The SMILES string of the molecule is C=CCn1c(S[C@@H](C)C(=O)NCc2ccccc2Cl)nc2ccccc2c1=O. The Hall–Kier alpha value is -2.57. The Morgan fingerprint density at radius 2 is 2.00 bits per heavy atom. The van der Waals surface area contributed by atoms with Crippen molar-refractivity contribution in [3.63, 3.8) is 0 Å². The summed E-state index contributed by atoms with van der Waals surface area (Å²) in [5, 5.41) is 4.09. The van der Waals surface area contributed by atoms with E-state index in [9.17, 15) is 9.59 Å². The van der Waals surface area contributed by atoms with Gasteiger partial charge in [-0.15, -0.1) is 6.58 Å². The minimum absolute atomic E-state index is 0.142. The summed E-state index contributed by atoms with van der Waals surface area (Å²) in [7, 11) is 0. The van der Waals surface area contributed by atoms with Crippen molar-refractivity contribution in [2.45, 2.75) is 30.4 Å². The largest absolute Gasteiger partial charge is 0.351 e. The van der Waals surface area contributed by atoms with E-state index in [-0.39, 0.29) is 11.5 Å². The first-order valence-corrected chi connectivity index (χ1v) is 10.0. The molecular weight excluding hydrogens is 394 g/mol. The lowest BCUT2D eigenvalue weighted by Gasteiger charge is -2.15. The van der Waals surface area contributed by atoms with Crippen molar-refractivity contribution in [1.82, 2.24) is 14.9 Å². The van der Waals surface area contributed by atoms with Crippen molar-refractivity contribution in [1.29, 1.82) is 0 Å². The summed E-state index contributed by atoms with van der Waals surface area (Å²) in [4.78, 5) is 29.9. The molecule has 1 heterocycles. The number of amides is 1. The second kappa shape index (κ2) is 9.08. The van der Waals surface area contributed by atoms with Crippen LogP contribution < -0.4 is 10.9 Å². The normalized spacial score (nSPS) is 11.9. The molecule has 0 saturated carbocycles. The summed E-state index contributed by atoms with van der Waals surface area (Å²) in [5.41, 5.74) is 1.32. The van der Waals surface area contributed by atoms with Crippen LogP contribution in [0.15, 0.2) is 71.1 Å². The van der Waals surface area contributed by atoms with Crippen LogP contribution in [0.3, 0.4) is 0 Å². The van der Waals surface area contributed by atoms with Gasteiger partial charge >= 0.3 is 0 Å². The highest BCUT2D eigenvalue weighted by atomic mass is 35.5. The summed E-state index contributed by atoms with van der Waals surface area (Å²) in [6, 6.07) is 14.6. The molecule has 3 aromatic rings. The van der Waals surface area contributed by atoms with Gasteiger partial charge in [0.1, 0.15) is 0 Å². The zero-order valence-corrected chi connectivity index (χ0v) is 17.0. The van der Waals surface area contributed by atoms with Gasteiger partial charge in [0.2, 0.25) is 5.91 Å². The predicted octanol–water partition coefficient (Wildman–Crippen LogP) is 4.03. The number of allylic oxidation sites excluding steroid dienone is 1. The number of fused-ring (bicyclic) bond motifs is 1. The van der Waals surface area contributed by atoms with Gasteiger partial charge in [0.05, 0.1) is 16.2 Å². The van der Waals surface area contributed by atoms with E-state index in [2.05, 4.69) is 16.9 Å². The van der Waals surface area contributed by atoms with Crippen molar-refractivity contribution in [3.05, 3.63) is 82.1 Å². The third-order valence-corrected chi connectivity index (χ3v) is 5.66. The van der Waals surface area contributed by atoms with Gasteiger partial charge in [-0.2, -0.15) is 0 Å². The van der Waals surface area contributed by atoms with Crippen LogP contribution in [0.5, 0.6) is 0 Å². The van der Waals surface area contributed by atoms with E-state index in [0.717, 1.165) is 5.56 Å². The molecule has 1 aromatic heterocycles. The number of halogens is 1. The molecule has 0 aliphatic heterocycles. The molecule has 1 amide bonds. The molecule has 7 heteroatoms. The minimum atomic E-state index is -0.438. The standard InChI is InChI=1S/C21H20ClN3O2S/c1-3-12-25-20(27)16-9-5-7-11-18(16)24-21(25)28-14(2)19(26)23-13-15-8-4-6-10-17(15)22/h3-11,14H,1,12-13H2,2H3,(H,23,26)/t14-/m0/s1. The zero-order valence-electron chi connectivity index (χ0n) is 15.4. The lowest BCUT2D eigenvalue weighted by Crippen LogP contribution is -2.31. The fourth-order valence-corrected chi connectivity index (χ4v) is 3.85. The van der Waals surface area contributed by atoms with Crippen LogP contribution in [-0.2, 0) is 17.9 Å². The first-order chi connectivity index (χ1) is 13.5. The number of para-hydroxylation sites is 1. The fraction of sp³-hybridized carbons (Fsp3) is 0.190. The summed E-state index contributed by atoms with van der Waals surface area (Å²) in [6.45, 7) is 6.17. The number of aromatic nitrogens is 2. The lowest BCUT2D eigenvalue weighted by atomic mass is 10.2. The molecule has 0 spiro atoms. The molecule has 144 valence electrons. The molecule has 2 aromatic carbocycles. The van der Waals surface area contributed by atoms with Crippen LogP contribution in [0, 0.1) is 0 Å². The third kappa shape index (κ3) is 4.46. The number of nitrogens with zero attached hydrogens (tertiary/aromatic N) is 2. The monoisotopic (exact) mass is 413 g/mol. The van der Waals surface area contributed by atoms with E-state index in [1.807, 2.05) is 24.3 Å². The molecule has 0 bridgehead atoms. The Kier molecular flexibility index (Phi) is 6.54. The highest BCUT2D eigenvalue weighted by Crippen LogP contribution is 2.23. The molecule has 1 N–H and O–H groups in total. The molecule has 1 atom stereocenters. The average Bonchev–Trinajstić information content (AvgIpc) is 2.70. The predicted molar refractivity (Wildman–Crippen MR) is 115 cm³/mol. The maximum Gasteiger partial charge on any atom is 0.262 e. The Balaban J connectivity index is 1.80. The molecule has 0 radical (unpaired) electrons. The molecule has 5 nitrogen and oxygen atoms in total. The number of carbonyl (C=O) groups excluding carboxylic acids is 1. The average molecular weight is 414 g/mol. The van der Waals surface area contributed by atoms with E-state index >= 15 is 0 Å². The number of carbonyl (C=O) groups is 1. The third-order valence-electron chi connectivity index (χ3n) is 4.20. The zero-order chi connectivity index (χ0) is 20.1. The Bertz CT molecular complexity index is 1080. The Labute approximate surface area is 172 Å². The Morgan fingerprint density at radius 3 is 2.75 bits per heavy atom. The van der Waals surface area contributed by atoms with Crippen LogP contribution in [0.25, 0.3) is 10.9 Å². The van der Waals surface area contributed by atoms with Crippen LogP contribution >= 0.6 is 23.4 Å². The van der Waals surface area contributed by atoms with Crippen molar-refractivity contribution in [2.24, 2.45) is 0 Å². The van der Waals surface area contributed by atoms with Gasteiger partial charge in [-0.05, 0) is 30.7 Å². The fourth-order valence-electron chi connectivity index (χ4n) is 2.71. The smallest absolute Gasteiger partial charge is 0.262 e. The second-order valence-electron chi connectivity index (χ2n) is 6.19. The number of benzene rings is 2. The molecule has 0 aliphatic carbocycles. The van der Waals surface area contributed by atoms with Gasteiger partial charge in [0.25, 0.3) is 5.56 Å². The van der Waals surface area contributed by atoms with E-state index in [1.165, 1.54) is 16.3 Å². The Morgan fingerprint density at radius 1 is 1.29 bits per heavy atom. The first-order valence-electron chi connectivity index (χ1n) is 8.79. The number of rotatable bonds is 7. The highest BCUT2D eigenvalue weighted by Gasteiger charge is 2.19. The van der Waals surface area contributed by atoms with Crippen molar-refractivity contribution in [3.8, 4) is 0 Å². The van der Waals surface area contributed by atoms with Gasteiger partial charge in [0, 0.05) is 18.1 Å². The van der Waals surface area contributed by atoms with E-state index in [1.54, 1.807) is 37.3 Å². The number of hydrogen-bond donors (Lipinski definition) is 1. The summed E-state index contributed by atoms with van der Waals surface area (Å²) >= 11 is 7.38. The molecule has 0 saturated heterocycles. The van der Waals surface area contributed by atoms with Crippen molar-refractivity contribution < 1.29 is 4.79 Å². The summed E-state index contributed by atoms with van der Waals surface area (Å²) in [6.07, 6.45) is 1.64. The van der Waals surface area contributed by atoms with Gasteiger partial charge < -0.3 is 5.32 Å². The van der Waals surface area contributed by atoms with E-state index in [0.29, 0.717) is 34.2 Å². The minimum Gasteiger partial charge on any atom is -0.351 e. The molecule has 3 rings (SSSR count). The van der Waals surface area contributed by atoms with Gasteiger partial charge in [-0.3, -0.25) is 14.2 Å². The maximum absolute atomic E-state index is 12.8. The van der Waals surface area contributed by atoms with Gasteiger partial charge in [-0.1, -0.05) is 59.8 Å². The van der Waals surface area contributed by atoms with Crippen LogP contribution in [0.1, 0.15) is 12.5 Å². The van der Waals surface area contributed by atoms with Crippen molar-refractivity contribution >= 4 is 40.2 Å². The molecular formula is C21H20ClN3O2S. The molecule has 0 aliphatic rings. The quantitative estimate of drug-likeness (QED) is 0.361. The van der Waals surface area contributed by atoms with E-state index in [4.69, 9.17) is 11.6 Å². The van der Waals surface area contributed by atoms with Crippen LogP contribution in [0.2, 0.25) is 5.02 Å². The number of nitrogens with one attached hydrogen (secondary N) is 1. The second-order valence-corrected chi connectivity index (χ2v) is 7.90. The highest BCUT2D eigenvalue weighted by molar-refractivity contribution is 8.00. The molecule has 0 fully saturated rings. The van der Waals surface area contributed by atoms with E-state index < -0.39 is 5.25 Å². The molecule has 28 heavy (non-hydrogen) atoms. The lowest BCUT2D eigenvalue weighted by molar-refractivity contribution is -0.120. The van der Waals surface area contributed by atoms with Gasteiger partial charge in [-0.25, -0.2) is 4.98 Å². The summed E-state index contributed by atoms with van der Waals surface area (Å²) < 4.78 is 1.54. The topological polar surface area (TPSA) is 64.0 Å². The van der Waals surface area contributed by atoms with Gasteiger partial charge in [0.15, 0.2) is 5.16 Å². The molecule has 0 unspecified atom stereocenters. The first kappa shape index (κ1) is 20.2. The summed E-state index contributed by atoms with van der Waals surface area (Å²) in [5.74, 6) is -0.155. The van der Waals surface area contributed by atoms with Crippen LogP contribution in [-0.4, -0.2) is 20.7 Å².